The van der Waals surface area contributed by atoms with Crippen LogP contribution in [0.25, 0.3) is 0 Å². The van der Waals surface area contributed by atoms with Crippen LogP contribution >= 0.6 is 0 Å². The second-order valence-electron chi connectivity index (χ2n) is 5.72. The molecule has 1 aromatic rings. The number of rotatable bonds is 5. The van der Waals surface area contributed by atoms with Crippen LogP contribution in [0.15, 0.2) is 24.3 Å². The molecule has 0 radical (unpaired) electrons. The van der Waals surface area contributed by atoms with E-state index in [1.807, 2.05) is 6.92 Å². The summed E-state index contributed by atoms with van der Waals surface area (Å²) in [6.07, 6.45) is 2.68. The minimum absolute atomic E-state index is 0.0261. The van der Waals surface area contributed by atoms with Gasteiger partial charge in [-0.2, -0.15) is 0 Å². The number of carbonyl (C=O) groups excluding carboxylic acids is 1. The molecule has 0 saturated heterocycles. The first-order chi connectivity index (χ1) is 10.5. The summed E-state index contributed by atoms with van der Waals surface area (Å²) in [6.45, 7) is 1.86. The molecule has 1 aliphatic carbocycles. The van der Waals surface area contributed by atoms with Gasteiger partial charge in [0.15, 0.2) is 0 Å². The molecule has 1 fully saturated rings. The van der Waals surface area contributed by atoms with Crippen molar-refractivity contribution in [1.82, 2.24) is 10.0 Å². The Balaban J connectivity index is 1.84. The zero-order chi connectivity index (χ0) is 16.1. The molecule has 0 bridgehead atoms. The molecule has 0 aromatic heterocycles. The molecule has 1 aromatic carbocycles. The van der Waals surface area contributed by atoms with Gasteiger partial charge in [0.1, 0.15) is 5.82 Å². The van der Waals surface area contributed by atoms with E-state index < -0.39 is 10.9 Å². The van der Waals surface area contributed by atoms with Crippen molar-refractivity contribution >= 4 is 16.8 Å². The molecule has 2 N–H and O–H groups in total. The molecule has 1 amide bonds. The molecule has 0 unspecified atom stereocenters. The van der Waals surface area contributed by atoms with Gasteiger partial charge in [0, 0.05) is 12.0 Å². The van der Waals surface area contributed by atoms with E-state index in [1.54, 1.807) is 12.1 Å². The Hall–Kier alpha value is -1.47. The van der Waals surface area contributed by atoms with Gasteiger partial charge in [0.05, 0.1) is 6.04 Å². The second kappa shape index (κ2) is 7.69. The van der Waals surface area contributed by atoms with Crippen molar-refractivity contribution in [2.24, 2.45) is 5.92 Å². The fourth-order valence-corrected chi connectivity index (χ4v) is 3.36. The largest absolute Gasteiger partial charge is 0.349 e. The molecule has 2 rings (SSSR count). The summed E-state index contributed by atoms with van der Waals surface area (Å²) in [5, 5.41) is 2.94. The van der Waals surface area contributed by atoms with Crippen LogP contribution in [-0.4, -0.2) is 20.4 Å². The molecule has 1 aliphatic rings. The van der Waals surface area contributed by atoms with E-state index in [9.17, 15) is 17.6 Å². The Kier molecular flexibility index (Phi) is 5.90. The minimum Gasteiger partial charge on any atom is -0.349 e. The van der Waals surface area contributed by atoms with Gasteiger partial charge in [-0.05, 0) is 50.3 Å². The van der Waals surface area contributed by atoms with Crippen LogP contribution in [0.1, 0.15) is 44.2 Å². The summed E-state index contributed by atoms with van der Waals surface area (Å²) in [5.41, 5.74) is 0.855. The lowest BCUT2D eigenvalue weighted by Crippen LogP contribution is -2.38. The first kappa shape index (κ1) is 16.9. The maximum atomic E-state index is 12.9. The molecule has 122 valence electrons. The smallest absolute Gasteiger partial charge is 0.223 e. The molecule has 0 heterocycles. The maximum Gasteiger partial charge on any atom is 0.223 e. The van der Waals surface area contributed by atoms with Crippen LogP contribution in [0, 0.1) is 11.7 Å². The molecule has 0 spiro atoms. The highest BCUT2D eigenvalue weighted by atomic mass is 32.2. The van der Waals surface area contributed by atoms with E-state index in [1.165, 1.54) is 12.1 Å². The van der Waals surface area contributed by atoms with Gasteiger partial charge < -0.3 is 5.32 Å². The molecular weight excluding hydrogens is 307 g/mol. The summed E-state index contributed by atoms with van der Waals surface area (Å²) in [7, 11) is -2.58. The number of benzene rings is 1. The zero-order valence-electron chi connectivity index (χ0n) is 12.4. The Labute approximate surface area is 131 Å². The Morgan fingerprint density at radius 1 is 1.18 bits per heavy atom. The van der Waals surface area contributed by atoms with E-state index >= 15 is 0 Å². The summed E-state index contributed by atoms with van der Waals surface area (Å²) in [6, 6.07) is 5.83. The lowest BCUT2D eigenvalue weighted by atomic mass is 9.85. The van der Waals surface area contributed by atoms with Crippen molar-refractivity contribution in [3.05, 3.63) is 35.6 Å². The van der Waals surface area contributed by atoms with Gasteiger partial charge in [0.25, 0.3) is 0 Å². The first-order valence-corrected chi connectivity index (χ1v) is 8.60. The Bertz CT molecular complexity index is 573. The molecule has 7 heteroatoms. The van der Waals surface area contributed by atoms with Crippen molar-refractivity contribution in [3.63, 3.8) is 0 Å². The van der Waals surface area contributed by atoms with Crippen LogP contribution in [0.2, 0.25) is 0 Å². The second-order valence-corrected chi connectivity index (χ2v) is 6.49. The topological polar surface area (TPSA) is 75.3 Å². The van der Waals surface area contributed by atoms with E-state index in [0.29, 0.717) is 25.7 Å². The first-order valence-electron chi connectivity index (χ1n) is 7.42. The van der Waals surface area contributed by atoms with E-state index in [4.69, 9.17) is 0 Å². The molecule has 1 atom stereocenters. The van der Waals surface area contributed by atoms with Crippen LogP contribution in [0.3, 0.4) is 0 Å². The fourth-order valence-electron chi connectivity index (χ4n) is 2.80. The Morgan fingerprint density at radius 3 is 2.32 bits per heavy atom. The van der Waals surface area contributed by atoms with Crippen molar-refractivity contribution < 1.29 is 17.6 Å². The van der Waals surface area contributed by atoms with Gasteiger partial charge in [-0.15, -0.1) is 0 Å². The third kappa shape index (κ3) is 4.78. The Morgan fingerprint density at radius 2 is 1.77 bits per heavy atom. The summed E-state index contributed by atoms with van der Waals surface area (Å²) in [4.78, 5) is 12.3. The molecule has 1 saturated carbocycles. The van der Waals surface area contributed by atoms with Crippen molar-refractivity contribution in [3.8, 4) is 0 Å². The van der Waals surface area contributed by atoms with Gasteiger partial charge >= 0.3 is 0 Å². The van der Waals surface area contributed by atoms with Gasteiger partial charge in [-0.3, -0.25) is 4.79 Å². The highest BCUT2D eigenvalue weighted by Gasteiger charge is 2.27. The predicted octanol–water partition coefficient (Wildman–Crippen LogP) is 1.68. The maximum absolute atomic E-state index is 12.9. The summed E-state index contributed by atoms with van der Waals surface area (Å²) >= 11 is 0. The number of carbonyl (C=O) groups is 1. The van der Waals surface area contributed by atoms with Crippen LogP contribution < -0.4 is 10.0 Å². The van der Waals surface area contributed by atoms with E-state index in [-0.39, 0.29) is 29.7 Å². The van der Waals surface area contributed by atoms with Crippen LogP contribution in [0.5, 0.6) is 0 Å². The lowest BCUT2D eigenvalue weighted by Gasteiger charge is -2.28. The number of hydrogen-bond acceptors (Lipinski definition) is 3. The third-order valence-corrected chi connectivity index (χ3v) is 4.69. The number of hydrogen-bond donors (Lipinski definition) is 3. The van der Waals surface area contributed by atoms with E-state index in [2.05, 4.69) is 10.0 Å². The average molecular weight is 328 g/mol. The monoisotopic (exact) mass is 328 g/mol. The van der Waals surface area contributed by atoms with Crippen molar-refractivity contribution in [1.29, 1.82) is 0 Å². The summed E-state index contributed by atoms with van der Waals surface area (Å²) in [5.74, 6) is -0.419. The molecule has 5 nitrogen and oxygen atoms in total. The third-order valence-electron chi connectivity index (χ3n) is 4.11. The van der Waals surface area contributed by atoms with Crippen molar-refractivity contribution in [2.75, 3.05) is 0 Å². The van der Waals surface area contributed by atoms with Crippen LogP contribution in [0.4, 0.5) is 4.39 Å². The zero-order valence-corrected chi connectivity index (χ0v) is 13.3. The quantitative estimate of drug-likeness (QED) is 0.720. The average Bonchev–Trinajstić information content (AvgIpc) is 2.48. The number of nitrogens with one attached hydrogen (secondary N) is 2. The number of amides is 1. The van der Waals surface area contributed by atoms with Gasteiger partial charge in [-0.25, -0.2) is 17.5 Å². The number of halogens is 1. The van der Waals surface area contributed by atoms with Gasteiger partial charge in [0.2, 0.25) is 16.8 Å². The lowest BCUT2D eigenvalue weighted by molar-refractivity contribution is -0.126. The minimum atomic E-state index is -2.58. The fraction of sp³-hybridized carbons (Fsp3) is 0.533. The van der Waals surface area contributed by atoms with Gasteiger partial charge in [-0.1, -0.05) is 12.1 Å². The van der Waals surface area contributed by atoms with Crippen molar-refractivity contribution in [2.45, 2.75) is 44.7 Å². The molecule has 0 aliphatic heterocycles. The summed E-state index contributed by atoms with van der Waals surface area (Å²) < 4.78 is 36.7. The highest BCUT2D eigenvalue weighted by Crippen LogP contribution is 2.25. The van der Waals surface area contributed by atoms with E-state index in [0.717, 1.165) is 5.56 Å². The predicted molar refractivity (Wildman–Crippen MR) is 82.2 cm³/mol. The highest BCUT2D eigenvalue weighted by molar-refractivity contribution is 7.70. The molecular formula is C15H21FN2O3S. The standard InChI is InChI=1S/C15H21FN2O3S/c1-10(11-2-6-13(16)7-3-11)17-15(19)12-4-8-14(9-5-12)18-22(20)21/h2-3,6-7,10,12,14,22H,4-5,8-9H2,1H3,(H,17,19)(H,18,20,21)/t10-,12-,14-/m1/s1. The van der Waals surface area contributed by atoms with Crippen LogP contribution in [-0.2, 0) is 15.7 Å². The SMILES string of the molecule is C[C@@H](NC(=O)[C@H]1CC[C@H](N[SH](=O)=O)CC1)c1ccc(F)cc1. The normalized spacial score (nSPS) is 23.2. The molecule has 22 heavy (non-hydrogen) atoms. The number of thiol groups is 1.